The number of carbonyl (C=O) groups excluding carboxylic acids is 2. The largest absolute Gasteiger partial charge is 0.468 e. The predicted molar refractivity (Wildman–Crippen MR) is 84.6 cm³/mol. The Kier molecular flexibility index (Phi) is 4.26. The fourth-order valence-corrected chi connectivity index (χ4v) is 2.41. The number of hydrogen-bond donors (Lipinski definition) is 0. The monoisotopic (exact) mass is 303 g/mol. The second-order valence-electron chi connectivity index (χ2n) is 6.21. The number of carbonyl (C=O) groups is 2. The van der Waals surface area contributed by atoms with Gasteiger partial charge in [0.2, 0.25) is 0 Å². The Morgan fingerprint density at radius 3 is 2.50 bits per heavy atom. The molecule has 0 saturated carbocycles. The summed E-state index contributed by atoms with van der Waals surface area (Å²) in [7, 11) is 1.33. The van der Waals surface area contributed by atoms with Crippen LogP contribution >= 0.6 is 0 Å². The first kappa shape index (κ1) is 16.1. The minimum absolute atomic E-state index is 0.164. The number of nitrogens with zero attached hydrogens (tertiary/aromatic N) is 1. The number of benzene rings is 1. The van der Waals surface area contributed by atoms with Crippen molar-refractivity contribution in [2.24, 2.45) is 5.92 Å². The molecule has 1 aromatic carbocycles. The number of methoxy groups -OCH3 is 1. The van der Waals surface area contributed by atoms with Gasteiger partial charge in [0.25, 0.3) is 0 Å². The summed E-state index contributed by atoms with van der Waals surface area (Å²) >= 11 is 0. The molecule has 0 radical (unpaired) electrons. The van der Waals surface area contributed by atoms with Crippen LogP contribution in [0.5, 0.6) is 0 Å². The quantitative estimate of drug-likeness (QED) is 0.747. The van der Waals surface area contributed by atoms with Crippen molar-refractivity contribution in [3.63, 3.8) is 0 Å². The molecule has 118 valence electrons. The van der Waals surface area contributed by atoms with Crippen LogP contribution < -0.4 is 4.90 Å². The zero-order chi connectivity index (χ0) is 16.5. The molecule has 5 nitrogen and oxygen atoms in total. The van der Waals surface area contributed by atoms with Gasteiger partial charge in [-0.05, 0) is 32.4 Å². The fraction of sp³-hybridized carbons (Fsp3) is 0.412. The molecule has 0 spiro atoms. The molecule has 1 aromatic rings. The molecule has 1 aliphatic heterocycles. The van der Waals surface area contributed by atoms with E-state index in [0.29, 0.717) is 11.3 Å². The fourth-order valence-electron chi connectivity index (χ4n) is 2.41. The number of ether oxygens (including phenoxy) is 2. The lowest BCUT2D eigenvalue weighted by atomic mass is 9.88. The third-order valence-electron chi connectivity index (χ3n) is 3.43. The molecule has 1 amide bonds. The van der Waals surface area contributed by atoms with Crippen LogP contribution in [0.25, 0.3) is 5.57 Å². The number of esters is 1. The number of fused-ring (bicyclic) bond motifs is 1. The maximum atomic E-state index is 12.5. The second kappa shape index (κ2) is 5.83. The smallest absolute Gasteiger partial charge is 0.414 e. The van der Waals surface area contributed by atoms with Crippen molar-refractivity contribution in [1.29, 1.82) is 0 Å². The van der Waals surface area contributed by atoms with Crippen LogP contribution in [0.3, 0.4) is 0 Å². The van der Waals surface area contributed by atoms with Crippen molar-refractivity contribution in [2.45, 2.75) is 26.4 Å². The molecule has 0 aromatic heterocycles. The van der Waals surface area contributed by atoms with Gasteiger partial charge in [-0.2, -0.15) is 0 Å². The van der Waals surface area contributed by atoms with E-state index < -0.39 is 23.6 Å². The first-order valence-corrected chi connectivity index (χ1v) is 7.11. The van der Waals surface area contributed by atoms with E-state index >= 15 is 0 Å². The van der Waals surface area contributed by atoms with Crippen LogP contribution in [-0.4, -0.2) is 31.3 Å². The van der Waals surface area contributed by atoms with E-state index in [1.54, 1.807) is 20.8 Å². The van der Waals surface area contributed by atoms with E-state index in [1.165, 1.54) is 12.0 Å². The van der Waals surface area contributed by atoms with Gasteiger partial charge in [0.1, 0.15) is 11.5 Å². The molecule has 1 heterocycles. The Balaban J connectivity index is 2.41. The first-order valence-electron chi connectivity index (χ1n) is 7.11. The Morgan fingerprint density at radius 2 is 1.91 bits per heavy atom. The summed E-state index contributed by atoms with van der Waals surface area (Å²) in [5.41, 5.74) is 1.50. The minimum Gasteiger partial charge on any atom is -0.468 e. The lowest BCUT2D eigenvalue weighted by molar-refractivity contribution is -0.143. The summed E-state index contributed by atoms with van der Waals surface area (Å²) in [5, 5.41) is 0. The second-order valence-corrected chi connectivity index (χ2v) is 6.21. The molecule has 0 aliphatic carbocycles. The van der Waals surface area contributed by atoms with Gasteiger partial charge in [0.05, 0.1) is 12.8 Å². The average molecular weight is 303 g/mol. The molecule has 22 heavy (non-hydrogen) atoms. The van der Waals surface area contributed by atoms with Gasteiger partial charge >= 0.3 is 12.1 Å². The molecule has 1 atom stereocenters. The molecule has 0 bridgehead atoms. The van der Waals surface area contributed by atoms with Gasteiger partial charge in [-0.3, -0.25) is 9.69 Å². The molecule has 0 N–H and O–H groups in total. The van der Waals surface area contributed by atoms with E-state index in [2.05, 4.69) is 6.58 Å². The average Bonchev–Trinajstić information content (AvgIpc) is 2.45. The van der Waals surface area contributed by atoms with Crippen molar-refractivity contribution in [2.75, 3.05) is 18.6 Å². The zero-order valence-corrected chi connectivity index (χ0v) is 13.4. The maximum absolute atomic E-state index is 12.5. The van der Waals surface area contributed by atoms with Gasteiger partial charge in [0.15, 0.2) is 0 Å². The summed E-state index contributed by atoms with van der Waals surface area (Å²) in [6.07, 6.45) is -0.485. The highest BCUT2D eigenvalue weighted by molar-refractivity contribution is 6.00. The van der Waals surface area contributed by atoms with Crippen molar-refractivity contribution >= 4 is 23.3 Å². The summed E-state index contributed by atoms with van der Waals surface area (Å²) in [5.74, 6) is -1.000. The van der Waals surface area contributed by atoms with Gasteiger partial charge in [-0.25, -0.2) is 4.79 Å². The molecule has 1 aliphatic rings. The number of rotatable bonds is 1. The summed E-state index contributed by atoms with van der Waals surface area (Å²) in [6, 6.07) is 7.33. The van der Waals surface area contributed by atoms with Gasteiger partial charge in [-0.1, -0.05) is 24.8 Å². The van der Waals surface area contributed by atoms with Crippen molar-refractivity contribution in [1.82, 2.24) is 0 Å². The molecule has 0 saturated heterocycles. The van der Waals surface area contributed by atoms with Crippen LogP contribution in [0.1, 0.15) is 26.3 Å². The van der Waals surface area contributed by atoms with Crippen LogP contribution in [-0.2, 0) is 14.3 Å². The summed E-state index contributed by atoms with van der Waals surface area (Å²) < 4.78 is 10.3. The summed E-state index contributed by atoms with van der Waals surface area (Å²) in [6.45, 7) is 9.57. The standard InChI is InChI=1S/C17H21NO4/c1-11-12-8-6-7-9-14(12)18(10-13(11)15(19)21-5)16(20)22-17(2,3)4/h6-9,13H,1,10H2,2-5H3. The van der Waals surface area contributed by atoms with Crippen LogP contribution in [0.4, 0.5) is 10.5 Å². The Labute approximate surface area is 130 Å². The normalized spacial score (nSPS) is 17.7. The van der Waals surface area contributed by atoms with Gasteiger partial charge < -0.3 is 9.47 Å². The third kappa shape index (κ3) is 3.13. The topological polar surface area (TPSA) is 55.8 Å². The first-order chi connectivity index (χ1) is 10.2. The van der Waals surface area contributed by atoms with Gasteiger partial charge in [-0.15, -0.1) is 0 Å². The van der Waals surface area contributed by atoms with E-state index in [0.717, 1.165) is 5.56 Å². The van der Waals surface area contributed by atoms with E-state index in [1.807, 2.05) is 24.3 Å². The van der Waals surface area contributed by atoms with Crippen molar-refractivity contribution < 1.29 is 19.1 Å². The van der Waals surface area contributed by atoms with E-state index in [4.69, 9.17) is 9.47 Å². The van der Waals surface area contributed by atoms with E-state index in [-0.39, 0.29) is 6.54 Å². The van der Waals surface area contributed by atoms with E-state index in [9.17, 15) is 9.59 Å². The van der Waals surface area contributed by atoms with Crippen molar-refractivity contribution in [3.8, 4) is 0 Å². The Hall–Kier alpha value is -2.30. The highest BCUT2D eigenvalue weighted by Gasteiger charge is 2.37. The number of anilines is 1. The van der Waals surface area contributed by atoms with Crippen molar-refractivity contribution in [3.05, 3.63) is 36.4 Å². The summed E-state index contributed by atoms with van der Waals surface area (Å²) in [4.78, 5) is 25.9. The lowest BCUT2D eigenvalue weighted by Gasteiger charge is -2.35. The third-order valence-corrected chi connectivity index (χ3v) is 3.43. The predicted octanol–water partition coefficient (Wildman–Crippen LogP) is 3.24. The number of amides is 1. The zero-order valence-electron chi connectivity index (χ0n) is 13.4. The Bertz CT molecular complexity index is 615. The highest BCUT2D eigenvalue weighted by atomic mass is 16.6. The highest BCUT2D eigenvalue weighted by Crippen LogP contribution is 2.38. The minimum atomic E-state index is -0.610. The molecule has 5 heteroatoms. The van der Waals surface area contributed by atoms with Crippen LogP contribution in [0, 0.1) is 5.92 Å². The van der Waals surface area contributed by atoms with Gasteiger partial charge in [0, 0.05) is 12.1 Å². The van der Waals surface area contributed by atoms with Crippen LogP contribution in [0.15, 0.2) is 30.8 Å². The van der Waals surface area contributed by atoms with Crippen LogP contribution in [0.2, 0.25) is 0 Å². The number of para-hydroxylation sites is 1. The number of hydrogen-bond acceptors (Lipinski definition) is 4. The lowest BCUT2D eigenvalue weighted by Crippen LogP contribution is -2.44. The SMILES string of the molecule is C=C1c2ccccc2N(C(=O)OC(C)(C)C)CC1C(=O)OC. The Morgan fingerprint density at radius 1 is 1.27 bits per heavy atom. The molecular weight excluding hydrogens is 282 g/mol. The molecular formula is C17H21NO4. The molecule has 0 fully saturated rings. The molecule has 1 unspecified atom stereocenters. The maximum Gasteiger partial charge on any atom is 0.414 e. The molecule has 2 rings (SSSR count).